The van der Waals surface area contributed by atoms with Gasteiger partial charge in [0.05, 0.1) is 11.8 Å². The first-order chi connectivity index (χ1) is 13.0. The molecule has 2 aromatic heterocycles. The van der Waals surface area contributed by atoms with Crippen molar-refractivity contribution in [3.63, 3.8) is 0 Å². The maximum atomic E-state index is 12.0. The molecule has 0 atom stereocenters. The number of carbonyl (C=O) groups is 2. The van der Waals surface area contributed by atoms with Crippen LogP contribution in [0.15, 0.2) is 59.8 Å². The predicted octanol–water partition coefficient (Wildman–Crippen LogP) is 2.95. The maximum Gasteiger partial charge on any atom is 0.335 e. The van der Waals surface area contributed by atoms with Gasteiger partial charge in [0.1, 0.15) is 5.69 Å². The monoisotopic (exact) mass is 362 g/mol. The molecule has 0 fully saturated rings. The average Bonchev–Trinajstić information content (AvgIpc) is 2.96. The molecule has 0 bridgehead atoms. The van der Waals surface area contributed by atoms with Crippen molar-refractivity contribution in [2.75, 3.05) is 0 Å². The zero-order valence-corrected chi connectivity index (χ0v) is 14.9. The highest BCUT2D eigenvalue weighted by Crippen LogP contribution is 2.20. The second-order valence-corrected chi connectivity index (χ2v) is 5.93. The van der Waals surface area contributed by atoms with Crippen molar-refractivity contribution in [2.24, 2.45) is 5.10 Å². The van der Waals surface area contributed by atoms with Crippen LogP contribution in [0.3, 0.4) is 0 Å². The third-order valence-corrected chi connectivity index (χ3v) is 4.09. The van der Waals surface area contributed by atoms with Crippen molar-refractivity contribution in [3.8, 4) is 5.69 Å². The van der Waals surface area contributed by atoms with Crippen LogP contribution in [0.25, 0.3) is 5.69 Å². The molecule has 1 aromatic carbocycles. The smallest absolute Gasteiger partial charge is 0.335 e. The van der Waals surface area contributed by atoms with E-state index in [1.54, 1.807) is 42.6 Å². The molecule has 3 aromatic rings. The lowest BCUT2D eigenvalue weighted by atomic mass is 10.2. The Morgan fingerprint density at radius 1 is 1.15 bits per heavy atom. The minimum Gasteiger partial charge on any atom is -0.478 e. The van der Waals surface area contributed by atoms with E-state index in [1.165, 1.54) is 6.20 Å². The van der Waals surface area contributed by atoms with E-state index in [2.05, 4.69) is 15.5 Å². The van der Waals surface area contributed by atoms with Crippen LogP contribution in [0.5, 0.6) is 0 Å². The van der Waals surface area contributed by atoms with E-state index in [0.717, 1.165) is 22.6 Å². The van der Waals surface area contributed by atoms with Gasteiger partial charge in [0.2, 0.25) is 0 Å². The number of pyridine rings is 1. The number of aryl methyl sites for hydroxylation is 1. The Hall–Kier alpha value is -3.74. The van der Waals surface area contributed by atoms with E-state index in [4.69, 9.17) is 0 Å². The van der Waals surface area contributed by atoms with Gasteiger partial charge < -0.3 is 9.67 Å². The molecule has 0 aliphatic rings. The highest BCUT2D eigenvalue weighted by molar-refractivity contribution is 5.93. The van der Waals surface area contributed by atoms with Crippen molar-refractivity contribution in [1.29, 1.82) is 0 Å². The van der Waals surface area contributed by atoms with Crippen molar-refractivity contribution >= 4 is 18.1 Å². The van der Waals surface area contributed by atoms with Crippen LogP contribution in [0.1, 0.15) is 37.8 Å². The molecule has 1 amide bonds. The van der Waals surface area contributed by atoms with E-state index in [0.29, 0.717) is 0 Å². The Balaban J connectivity index is 1.83. The first-order valence-electron chi connectivity index (χ1n) is 8.24. The summed E-state index contributed by atoms with van der Waals surface area (Å²) in [6, 6.07) is 13.7. The number of nitrogens with one attached hydrogen (secondary N) is 1. The predicted molar refractivity (Wildman–Crippen MR) is 101 cm³/mol. The second kappa shape index (κ2) is 7.65. The lowest BCUT2D eigenvalue weighted by Gasteiger charge is -2.10. The highest BCUT2D eigenvalue weighted by Gasteiger charge is 2.12. The molecule has 0 aliphatic carbocycles. The number of hydrazone groups is 1. The standard InChI is InChI=1S/C20H18N4O3/c1-13-10-16(12-22-23-19(25)18-8-3-4-9-21-18)14(2)24(13)17-7-5-6-15(11-17)20(26)27/h3-12H,1-2H3,(H,23,25)(H,26,27)/b22-12-. The Bertz CT molecular complexity index is 1020. The van der Waals surface area contributed by atoms with E-state index < -0.39 is 11.9 Å². The third-order valence-electron chi connectivity index (χ3n) is 4.09. The summed E-state index contributed by atoms with van der Waals surface area (Å²) in [4.78, 5) is 27.1. The molecule has 7 heteroatoms. The largest absolute Gasteiger partial charge is 0.478 e. The highest BCUT2D eigenvalue weighted by atomic mass is 16.4. The van der Waals surface area contributed by atoms with Crippen LogP contribution in [0.4, 0.5) is 0 Å². The normalized spacial score (nSPS) is 10.9. The Labute approximate surface area is 156 Å². The van der Waals surface area contributed by atoms with Gasteiger partial charge in [-0.25, -0.2) is 10.2 Å². The summed E-state index contributed by atoms with van der Waals surface area (Å²) in [5.41, 5.74) is 6.32. The lowest BCUT2D eigenvalue weighted by molar-refractivity contribution is 0.0696. The number of aromatic nitrogens is 2. The lowest BCUT2D eigenvalue weighted by Crippen LogP contribution is -2.18. The van der Waals surface area contributed by atoms with E-state index >= 15 is 0 Å². The summed E-state index contributed by atoms with van der Waals surface area (Å²) in [6.07, 6.45) is 3.10. The van der Waals surface area contributed by atoms with Gasteiger partial charge in [-0.1, -0.05) is 12.1 Å². The SMILES string of the molecule is Cc1cc(/C=N\NC(=O)c2ccccn2)c(C)n1-c1cccc(C(=O)O)c1. The van der Waals surface area contributed by atoms with Gasteiger partial charge >= 0.3 is 5.97 Å². The molecule has 0 saturated carbocycles. The summed E-state index contributed by atoms with van der Waals surface area (Å²) in [5.74, 6) is -1.37. The van der Waals surface area contributed by atoms with Crippen LogP contribution in [0, 0.1) is 13.8 Å². The van der Waals surface area contributed by atoms with Crippen molar-refractivity contribution in [2.45, 2.75) is 13.8 Å². The summed E-state index contributed by atoms with van der Waals surface area (Å²) < 4.78 is 1.94. The van der Waals surface area contributed by atoms with Crippen LogP contribution in [-0.4, -0.2) is 32.7 Å². The van der Waals surface area contributed by atoms with Gasteiger partial charge in [-0.2, -0.15) is 5.10 Å². The molecule has 2 heterocycles. The van der Waals surface area contributed by atoms with Crippen LogP contribution in [-0.2, 0) is 0 Å². The third kappa shape index (κ3) is 3.92. The summed E-state index contributed by atoms with van der Waals surface area (Å²) in [6.45, 7) is 3.83. The Kier molecular flexibility index (Phi) is 5.12. The molecule has 0 unspecified atom stereocenters. The minimum atomic E-state index is -0.974. The number of hydrogen-bond acceptors (Lipinski definition) is 4. The second-order valence-electron chi connectivity index (χ2n) is 5.93. The van der Waals surface area contributed by atoms with Crippen molar-refractivity contribution in [1.82, 2.24) is 15.0 Å². The van der Waals surface area contributed by atoms with Crippen LogP contribution in [0.2, 0.25) is 0 Å². The Morgan fingerprint density at radius 2 is 1.96 bits per heavy atom. The number of amides is 1. The van der Waals surface area contributed by atoms with Crippen LogP contribution >= 0.6 is 0 Å². The average molecular weight is 362 g/mol. The molecule has 2 N–H and O–H groups in total. The molecule has 0 radical (unpaired) electrons. The molecule has 0 saturated heterocycles. The number of carboxylic acids is 1. The zero-order chi connectivity index (χ0) is 19.4. The Morgan fingerprint density at radius 3 is 2.67 bits per heavy atom. The van der Waals surface area contributed by atoms with E-state index in [-0.39, 0.29) is 11.3 Å². The number of hydrogen-bond donors (Lipinski definition) is 2. The molecule has 27 heavy (non-hydrogen) atoms. The number of benzene rings is 1. The summed E-state index contributed by atoms with van der Waals surface area (Å²) >= 11 is 0. The fraction of sp³-hybridized carbons (Fsp3) is 0.100. The topological polar surface area (TPSA) is 96.6 Å². The van der Waals surface area contributed by atoms with Crippen LogP contribution < -0.4 is 5.43 Å². The molecule has 0 spiro atoms. The van der Waals surface area contributed by atoms with Gasteiger partial charge in [-0.15, -0.1) is 0 Å². The van der Waals surface area contributed by atoms with Crippen molar-refractivity contribution < 1.29 is 14.7 Å². The van der Waals surface area contributed by atoms with Gasteiger partial charge in [-0.3, -0.25) is 9.78 Å². The molecular formula is C20H18N4O3. The van der Waals surface area contributed by atoms with E-state index in [9.17, 15) is 14.7 Å². The molecule has 0 aliphatic heterocycles. The number of carboxylic acid groups (broad SMARTS) is 1. The molecule has 3 rings (SSSR count). The maximum absolute atomic E-state index is 12.0. The van der Waals surface area contributed by atoms with Gasteiger partial charge in [0.15, 0.2) is 0 Å². The fourth-order valence-corrected chi connectivity index (χ4v) is 2.81. The molecule has 136 valence electrons. The number of aromatic carboxylic acids is 1. The number of nitrogens with zero attached hydrogens (tertiary/aromatic N) is 3. The summed E-state index contributed by atoms with van der Waals surface area (Å²) in [7, 11) is 0. The quantitative estimate of drug-likeness (QED) is 0.539. The fourth-order valence-electron chi connectivity index (χ4n) is 2.81. The van der Waals surface area contributed by atoms with Gasteiger partial charge in [0.25, 0.3) is 5.91 Å². The minimum absolute atomic E-state index is 0.220. The first-order valence-corrected chi connectivity index (χ1v) is 8.24. The van der Waals surface area contributed by atoms with Gasteiger partial charge in [-0.05, 0) is 50.2 Å². The molecule has 7 nitrogen and oxygen atoms in total. The zero-order valence-electron chi connectivity index (χ0n) is 14.9. The number of rotatable bonds is 5. The summed E-state index contributed by atoms with van der Waals surface area (Å²) in [5, 5.41) is 13.2. The first kappa shape index (κ1) is 18.1. The number of carbonyl (C=O) groups excluding carboxylic acids is 1. The van der Waals surface area contributed by atoms with Gasteiger partial charge in [0, 0.05) is 28.8 Å². The molecular weight excluding hydrogens is 344 g/mol. The van der Waals surface area contributed by atoms with Crippen molar-refractivity contribution in [3.05, 3.63) is 82.9 Å². The van der Waals surface area contributed by atoms with E-state index in [1.807, 2.05) is 30.5 Å².